The van der Waals surface area contributed by atoms with Gasteiger partial charge in [0.1, 0.15) is 0 Å². The van der Waals surface area contributed by atoms with E-state index in [0.29, 0.717) is 17.9 Å². The van der Waals surface area contributed by atoms with Crippen LogP contribution in [0.15, 0.2) is 30.6 Å². The Balaban J connectivity index is 2.00. The van der Waals surface area contributed by atoms with Gasteiger partial charge in [-0.2, -0.15) is 5.10 Å². The maximum atomic E-state index is 12.8. The molecule has 0 aliphatic carbocycles. The number of amides is 1. The van der Waals surface area contributed by atoms with E-state index >= 15 is 0 Å². The number of rotatable bonds is 4. The lowest BCUT2D eigenvalue weighted by atomic mass is 10.1. The lowest BCUT2D eigenvalue weighted by molar-refractivity contribution is -0.119. The molecule has 1 amide bonds. The van der Waals surface area contributed by atoms with Crippen LogP contribution < -0.4 is 5.32 Å². The summed E-state index contributed by atoms with van der Waals surface area (Å²) in [7, 11) is 0. The average Bonchev–Trinajstić information content (AvgIpc) is 2.84. The Bertz CT molecular complexity index is 702. The second-order valence-electron chi connectivity index (χ2n) is 4.88. The summed E-state index contributed by atoms with van der Waals surface area (Å²) in [6.45, 7) is 10.9. The summed E-state index contributed by atoms with van der Waals surface area (Å²) >= 11 is 0. The summed E-state index contributed by atoms with van der Waals surface area (Å²) in [5.41, 5.74) is 2.01. The topological polar surface area (TPSA) is 51.3 Å². The highest BCUT2D eigenvalue weighted by Crippen LogP contribution is 2.22. The van der Waals surface area contributed by atoms with Gasteiger partial charge in [-0.25, -0.2) is 9.24 Å². The smallest absolute Gasteiger partial charge is 0.229 e. The molecule has 5 nitrogen and oxygen atoms in total. The normalized spacial score (nSPS) is 11.7. The van der Waals surface area contributed by atoms with E-state index in [-0.39, 0.29) is 11.8 Å². The first-order valence-electron chi connectivity index (χ1n) is 6.46. The maximum Gasteiger partial charge on any atom is 0.229 e. The Kier molecular flexibility index (Phi) is 4.33. The molecule has 0 bridgehead atoms. The van der Waals surface area contributed by atoms with Crippen molar-refractivity contribution in [1.29, 1.82) is 0 Å². The third-order valence-corrected chi connectivity index (χ3v) is 3.10. The molecule has 108 valence electrons. The van der Waals surface area contributed by atoms with E-state index in [2.05, 4.69) is 15.3 Å². The van der Waals surface area contributed by atoms with Crippen LogP contribution in [0.1, 0.15) is 12.5 Å². The summed E-state index contributed by atoms with van der Waals surface area (Å²) in [4.78, 5) is 15.5. The molecule has 1 aromatic carbocycles. The fourth-order valence-corrected chi connectivity index (χ4v) is 1.93. The van der Waals surface area contributed by atoms with Gasteiger partial charge in [0, 0.05) is 5.69 Å². The Morgan fingerprint density at radius 1 is 1.57 bits per heavy atom. The lowest BCUT2D eigenvalue weighted by Gasteiger charge is -2.13. The first kappa shape index (κ1) is 14.7. The number of hydrogen-bond acceptors (Lipinski definition) is 2. The molecule has 1 heterocycles. The van der Waals surface area contributed by atoms with Gasteiger partial charge in [-0.1, -0.05) is 13.0 Å². The Hall–Kier alpha value is -2.68. The number of hydrogen-bond donors (Lipinski definition) is 1. The number of carbonyl (C=O) groups excluding carboxylic acids is 1. The van der Waals surface area contributed by atoms with Crippen molar-refractivity contribution >= 4 is 17.3 Å². The third-order valence-electron chi connectivity index (χ3n) is 3.10. The van der Waals surface area contributed by atoms with E-state index in [9.17, 15) is 9.18 Å². The molecule has 0 aliphatic rings. The van der Waals surface area contributed by atoms with Gasteiger partial charge in [0.15, 0.2) is 11.5 Å². The molecule has 0 saturated heterocycles. The molecule has 1 N–H and O–H groups in total. The second-order valence-corrected chi connectivity index (χ2v) is 4.88. The molecule has 1 atom stereocenters. The predicted molar refractivity (Wildman–Crippen MR) is 77.4 cm³/mol. The summed E-state index contributed by atoms with van der Waals surface area (Å²) in [5.74, 6) is -0.959. The molecule has 0 saturated carbocycles. The summed E-state index contributed by atoms with van der Waals surface area (Å²) < 4.78 is 14.2. The number of aromatic nitrogens is 2. The Morgan fingerprint density at radius 3 is 2.90 bits per heavy atom. The quantitative estimate of drug-likeness (QED) is 0.878. The Morgan fingerprint density at radius 2 is 2.33 bits per heavy atom. The molecule has 1 aromatic heterocycles. The molecule has 2 aromatic rings. The average molecular weight is 286 g/mol. The zero-order valence-corrected chi connectivity index (χ0v) is 11.8. The van der Waals surface area contributed by atoms with Crippen molar-refractivity contribution in [1.82, 2.24) is 9.78 Å². The third kappa shape index (κ3) is 3.66. The molecular weight excluding hydrogens is 271 g/mol. The van der Waals surface area contributed by atoms with Crippen molar-refractivity contribution in [2.24, 2.45) is 5.92 Å². The van der Waals surface area contributed by atoms with Gasteiger partial charge < -0.3 is 5.32 Å². The number of benzene rings is 1. The van der Waals surface area contributed by atoms with Gasteiger partial charge in [-0.15, -0.1) is 0 Å². The van der Waals surface area contributed by atoms with Crippen LogP contribution in [0, 0.1) is 25.2 Å². The molecule has 0 radical (unpaired) electrons. The number of aryl methyl sites for hydroxylation is 1. The predicted octanol–water partition coefficient (Wildman–Crippen LogP) is 3.16. The minimum atomic E-state index is -0.423. The zero-order chi connectivity index (χ0) is 15.4. The SMILES string of the molecule is [C-]#[N+]c1ccc(NC(=O)C(C)Cn2cc(F)cn2)cc1C. The largest absolute Gasteiger partial charge is 0.326 e. The number of anilines is 1. The van der Waals surface area contributed by atoms with Crippen LogP contribution in [0.5, 0.6) is 0 Å². The van der Waals surface area contributed by atoms with E-state index < -0.39 is 5.82 Å². The minimum Gasteiger partial charge on any atom is -0.326 e. The van der Waals surface area contributed by atoms with Crippen LogP contribution in [0.25, 0.3) is 4.85 Å². The fourth-order valence-electron chi connectivity index (χ4n) is 1.93. The van der Waals surface area contributed by atoms with Crippen LogP contribution in [-0.4, -0.2) is 15.7 Å². The van der Waals surface area contributed by atoms with Gasteiger partial charge in [0.05, 0.1) is 31.4 Å². The molecule has 21 heavy (non-hydrogen) atoms. The van der Waals surface area contributed by atoms with Crippen LogP contribution in [0.2, 0.25) is 0 Å². The maximum absolute atomic E-state index is 12.8. The van der Waals surface area contributed by atoms with E-state index in [1.54, 1.807) is 25.1 Å². The van der Waals surface area contributed by atoms with Crippen LogP contribution in [0.3, 0.4) is 0 Å². The number of carbonyl (C=O) groups is 1. The molecule has 1 unspecified atom stereocenters. The van der Waals surface area contributed by atoms with Crippen molar-refractivity contribution in [3.63, 3.8) is 0 Å². The molecule has 6 heteroatoms. The van der Waals surface area contributed by atoms with Crippen molar-refractivity contribution in [2.75, 3.05) is 5.32 Å². The number of nitrogens with one attached hydrogen (secondary N) is 1. The second kappa shape index (κ2) is 6.18. The Labute approximate surface area is 122 Å². The summed E-state index contributed by atoms with van der Waals surface area (Å²) in [6, 6.07) is 5.12. The van der Waals surface area contributed by atoms with Crippen LogP contribution >= 0.6 is 0 Å². The van der Waals surface area contributed by atoms with Crippen molar-refractivity contribution in [3.8, 4) is 0 Å². The van der Waals surface area contributed by atoms with Gasteiger partial charge in [0.2, 0.25) is 5.91 Å². The lowest BCUT2D eigenvalue weighted by Crippen LogP contribution is -2.24. The van der Waals surface area contributed by atoms with E-state index in [0.717, 1.165) is 11.8 Å². The fraction of sp³-hybridized carbons (Fsp3) is 0.267. The number of halogens is 1. The van der Waals surface area contributed by atoms with Gasteiger partial charge in [0.25, 0.3) is 0 Å². The standard InChI is InChI=1S/C15H15FN4O/c1-10-6-13(4-5-14(10)17-3)19-15(21)11(2)8-20-9-12(16)7-18-20/h4-7,9,11H,8H2,1-2H3,(H,19,21). The van der Waals surface area contributed by atoms with E-state index in [1.165, 1.54) is 10.9 Å². The van der Waals surface area contributed by atoms with E-state index in [1.807, 2.05) is 6.92 Å². The van der Waals surface area contributed by atoms with Crippen LogP contribution in [0.4, 0.5) is 15.8 Å². The monoisotopic (exact) mass is 286 g/mol. The number of nitrogens with zero attached hydrogens (tertiary/aromatic N) is 3. The first-order valence-corrected chi connectivity index (χ1v) is 6.46. The minimum absolute atomic E-state index is 0.180. The molecular formula is C15H15FN4O. The first-order chi connectivity index (χ1) is 9.99. The van der Waals surface area contributed by atoms with Crippen LogP contribution in [-0.2, 0) is 11.3 Å². The van der Waals surface area contributed by atoms with Crippen molar-refractivity contribution in [2.45, 2.75) is 20.4 Å². The summed E-state index contributed by atoms with van der Waals surface area (Å²) in [6.07, 6.45) is 2.36. The highest BCUT2D eigenvalue weighted by atomic mass is 19.1. The van der Waals surface area contributed by atoms with E-state index in [4.69, 9.17) is 6.57 Å². The van der Waals surface area contributed by atoms with Crippen molar-refractivity contribution in [3.05, 3.63) is 53.4 Å². The van der Waals surface area contributed by atoms with Crippen molar-refractivity contribution < 1.29 is 9.18 Å². The zero-order valence-electron chi connectivity index (χ0n) is 11.8. The highest BCUT2D eigenvalue weighted by molar-refractivity contribution is 5.92. The molecule has 0 aliphatic heterocycles. The molecule has 0 spiro atoms. The van der Waals surface area contributed by atoms with Gasteiger partial charge in [-0.3, -0.25) is 9.48 Å². The molecule has 0 fully saturated rings. The van der Waals surface area contributed by atoms with Gasteiger partial charge >= 0.3 is 0 Å². The highest BCUT2D eigenvalue weighted by Gasteiger charge is 2.15. The van der Waals surface area contributed by atoms with Gasteiger partial charge in [-0.05, 0) is 24.6 Å². The molecule has 2 rings (SSSR count). The summed E-state index contributed by atoms with van der Waals surface area (Å²) in [5, 5.41) is 6.59.